The van der Waals surface area contributed by atoms with Crippen molar-refractivity contribution in [3.05, 3.63) is 149 Å². The van der Waals surface area contributed by atoms with E-state index in [2.05, 4.69) is 91.3 Å². The first kappa shape index (κ1) is 37.9. The van der Waals surface area contributed by atoms with Gasteiger partial charge >= 0.3 is 0 Å². The molecule has 5 rings (SSSR count). The molecule has 51 heavy (non-hydrogen) atoms. The van der Waals surface area contributed by atoms with Gasteiger partial charge in [0.2, 0.25) is 5.91 Å². The first-order chi connectivity index (χ1) is 24.8. The van der Waals surface area contributed by atoms with Gasteiger partial charge in [0.15, 0.2) is 0 Å². The van der Waals surface area contributed by atoms with Crippen LogP contribution in [0.15, 0.2) is 121 Å². The average molecular weight is 704 g/mol. The molecule has 5 aromatic carbocycles. The standard InChI is InChI=1S/C43H52N4O3S/c1-5-45(6-2)31-34-20-18-33(19-21-34)28-41(37-24-22-35(23-25-37)32-46(7-3)8-4)44-43(48)30-42(38-15-10-9-11-16-38)47(51(49)50)40-27-26-36-14-12-13-17-39(36)29-40/h9-27,29,41-42H,5-8,28,30-32H2,1-4H3,(H,44,48)(H,49,50)/p-1. The van der Waals surface area contributed by atoms with Crippen LogP contribution < -0.4 is 9.62 Å². The molecule has 0 spiro atoms. The summed E-state index contributed by atoms with van der Waals surface area (Å²) < 4.78 is 27.3. The molecule has 0 fully saturated rings. The number of carbonyl (C=O) groups is 1. The molecule has 0 saturated carbocycles. The number of benzene rings is 5. The topological polar surface area (TPSA) is 79.0 Å². The van der Waals surface area contributed by atoms with Crippen LogP contribution in [0.2, 0.25) is 0 Å². The van der Waals surface area contributed by atoms with Crippen molar-refractivity contribution in [3.8, 4) is 0 Å². The highest BCUT2D eigenvalue weighted by molar-refractivity contribution is 7.80. The van der Waals surface area contributed by atoms with E-state index in [0.717, 1.165) is 66.7 Å². The van der Waals surface area contributed by atoms with Crippen LogP contribution in [0.5, 0.6) is 0 Å². The van der Waals surface area contributed by atoms with Crippen LogP contribution in [0.4, 0.5) is 5.69 Å². The fourth-order valence-electron chi connectivity index (χ4n) is 6.66. The lowest BCUT2D eigenvalue weighted by Crippen LogP contribution is -2.37. The maximum atomic E-state index is 14.2. The summed E-state index contributed by atoms with van der Waals surface area (Å²) in [6.07, 6.45) is 0.550. The van der Waals surface area contributed by atoms with Crippen LogP contribution in [0.25, 0.3) is 10.8 Å². The van der Waals surface area contributed by atoms with Crippen molar-refractivity contribution in [2.45, 2.75) is 65.7 Å². The Balaban J connectivity index is 1.43. The normalized spacial score (nSPS) is 13.3. The zero-order valence-electron chi connectivity index (χ0n) is 30.3. The van der Waals surface area contributed by atoms with Crippen molar-refractivity contribution in [2.75, 3.05) is 30.5 Å². The van der Waals surface area contributed by atoms with Gasteiger partial charge in [-0.1, -0.05) is 137 Å². The Kier molecular flexibility index (Phi) is 13.9. The first-order valence-corrected chi connectivity index (χ1v) is 19.2. The second-order valence-electron chi connectivity index (χ2n) is 13.0. The number of amides is 1. The van der Waals surface area contributed by atoms with Gasteiger partial charge in [0, 0.05) is 30.0 Å². The predicted molar refractivity (Wildman–Crippen MR) is 210 cm³/mol. The molecule has 0 heterocycles. The molecule has 0 aliphatic heterocycles. The van der Waals surface area contributed by atoms with Crippen molar-refractivity contribution >= 4 is 33.6 Å². The number of nitrogens with zero attached hydrogens (tertiary/aromatic N) is 3. The fourth-order valence-corrected chi connectivity index (χ4v) is 7.35. The summed E-state index contributed by atoms with van der Waals surface area (Å²) >= 11 is -2.65. The van der Waals surface area contributed by atoms with Crippen molar-refractivity contribution in [1.29, 1.82) is 0 Å². The molecule has 0 aromatic heterocycles. The summed E-state index contributed by atoms with van der Waals surface area (Å²) in [7, 11) is 0. The van der Waals surface area contributed by atoms with Gasteiger partial charge in [-0.25, -0.2) is 0 Å². The van der Waals surface area contributed by atoms with E-state index in [1.54, 1.807) is 6.07 Å². The van der Waals surface area contributed by atoms with Crippen LogP contribution in [-0.2, 0) is 35.6 Å². The van der Waals surface area contributed by atoms with Gasteiger partial charge in [0.05, 0.1) is 18.5 Å². The average Bonchev–Trinajstić information content (AvgIpc) is 3.16. The van der Waals surface area contributed by atoms with Crippen molar-refractivity contribution in [3.63, 3.8) is 0 Å². The second-order valence-corrected chi connectivity index (χ2v) is 13.8. The largest absolute Gasteiger partial charge is 0.755 e. The third-order valence-corrected chi connectivity index (χ3v) is 10.6. The molecule has 0 aliphatic carbocycles. The van der Waals surface area contributed by atoms with E-state index in [9.17, 15) is 13.6 Å². The molecule has 5 aromatic rings. The van der Waals surface area contributed by atoms with Gasteiger partial charge < -0.3 is 9.87 Å². The van der Waals surface area contributed by atoms with Gasteiger partial charge in [-0.3, -0.25) is 23.1 Å². The zero-order valence-corrected chi connectivity index (χ0v) is 31.1. The number of nitrogens with one attached hydrogen (secondary N) is 1. The van der Waals surface area contributed by atoms with Gasteiger partial charge in [-0.15, -0.1) is 0 Å². The molecular weight excluding hydrogens is 653 g/mol. The second kappa shape index (κ2) is 18.8. The van der Waals surface area contributed by atoms with E-state index in [1.807, 2.05) is 66.7 Å². The molecular formula is C43H51N4O3S-. The van der Waals surface area contributed by atoms with Crippen molar-refractivity contribution in [1.82, 2.24) is 15.1 Å². The molecule has 8 heteroatoms. The summed E-state index contributed by atoms with van der Waals surface area (Å²) in [5, 5.41) is 5.26. The Bertz CT molecular complexity index is 1840. The Labute approximate surface area is 306 Å². The minimum Gasteiger partial charge on any atom is -0.755 e. The van der Waals surface area contributed by atoms with Crippen LogP contribution in [-0.4, -0.2) is 50.6 Å². The Morgan fingerprint density at radius 2 is 1.18 bits per heavy atom. The summed E-state index contributed by atoms with van der Waals surface area (Å²) in [6, 6.07) is 39.0. The van der Waals surface area contributed by atoms with Gasteiger partial charge in [-0.2, -0.15) is 0 Å². The SMILES string of the molecule is CCN(CC)Cc1ccc(CC(NC(=O)CC(c2ccccc2)N(c2ccc3ccccc3c2)S(=O)[O-])c2ccc(CN(CC)CC)cc2)cc1. The molecule has 3 atom stereocenters. The molecule has 268 valence electrons. The van der Waals surface area contributed by atoms with Crippen LogP contribution in [0, 0.1) is 0 Å². The number of hydrogen-bond donors (Lipinski definition) is 1. The molecule has 0 saturated heterocycles. The Morgan fingerprint density at radius 1 is 0.647 bits per heavy atom. The highest BCUT2D eigenvalue weighted by atomic mass is 32.2. The van der Waals surface area contributed by atoms with Gasteiger partial charge in [-0.05, 0) is 83.3 Å². The fraction of sp³-hybridized carbons (Fsp3) is 0.326. The third kappa shape index (κ3) is 10.4. The van der Waals surface area contributed by atoms with E-state index < -0.39 is 17.3 Å². The molecule has 7 nitrogen and oxygen atoms in total. The molecule has 1 N–H and O–H groups in total. The number of anilines is 1. The predicted octanol–water partition coefficient (Wildman–Crippen LogP) is 8.36. The van der Waals surface area contributed by atoms with E-state index in [0.29, 0.717) is 12.1 Å². The van der Waals surface area contributed by atoms with E-state index >= 15 is 0 Å². The maximum absolute atomic E-state index is 14.2. The first-order valence-electron chi connectivity index (χ1n) is 18.1. The summed E-state index contributed by atoms with van der Waals surface area (Å²) in [5.41, 5.74) is 5.86. The zero-order chi connectivity index (χ0) is 36.2. The number of rotatable bonds is 18. The minimum absolute atomic E-state index is 0.0514. The highest BCUT2D eigenvalue weighted by Gasteiger charge is 2.27. The third-order valence-electron chi connectivity index (χ3n) is 9.78. The number of carbonyl (C=O) groups excluding carboxylic acids is 1. The molecule has 0 radical (unpaired) electrons. The van der Waals surface area contributed by atoms with Crippen LogP contribution >= 0.6 is 0 Å². The molecule has 0 aliphatic rings. The highest BCUT2D eigenvalue weighted by Crippen LogP contribution is 2.33. The lowest BCUT2D eigenvalue weighted by atomic mass is 9.96. The number of hydrogen-bond acceptors (Lipinski definition) is 5. The van der Waals surface area contributed by atoms with E-state index in [-0.39, 0.29) is 18.4 Å². The monoisotopic (exact) mass is 703 g/mol. The molecule has 1 amide bonds. The molecule has 3 unspecified atom stereocenters. The lowest BCUT2D eigenvalue weighted by molar-refractivity contribution is -0.122. The minimum atomic E-state index is -2.65. The number of fused-ring (bicyclic) bond motifs is 1. The summed E-state index contributed by atoms with van der Waals surface area (Å²) in [5.74, 6) is -0.226. The smallest absolute Gasteiger partial charge is 0.222 e. The van der Waals surface area contributed by atoms with Crippen LogP contribution in [0.3, 0.4) is 0 Å². The maximum Gasteiger partial charge on any atom is 0.222 e. The Hall–Kier alpha value is -4.34. The quantitative estimate of drug-likeness (QED) is 0.0929. The summed E-state index contributed by atoms with van der Waals surface area (Å²) in [4.78, 5) is 18.9. The van der Waals surface area contributed by atoms with Gasteiger partial charge in [0.1, 0.15) is 0 Å². The van der Waals surface area contributed by atoms with Gasteiger partial charge in [0.25, 0.3) is 0 Å². The lowest BCUT2D eigenvalue weighted by Gasteiger charge is -2.35. The summed E-state index contributed by atoms with van der Waals surface area (Å²) in [6.45, 7) is 14.4. The van der Waals surface area contributed by atoms with E-state index in [4.69, 9.17) is 0 Å². The van der Waals surface area contributed by atoms with Crippen molar-refractivity contribution < 1.29 is 13.6 Å². The Morgan fingerprint density at radius 3 is 1.75 bits per heavy atom. The molecule has 0 bridgehead atoms. The van der Waals surface area contributed by atoms with Crippen LogP contribution in [0.1, 0.15) is 74.0 Å². The van der Waals surface area contributed by atoms with E-state index in [1.165, 1.54) is 15.4 Å². The van der Waals surface area contributed by atoms with Crippen molar-refractivity contribution in [2.24, 2.45) is 0 Å².